The van der Waals surface area contributed by atoms with Gasteiger partial charge in [-0.15, -0.1) is 10.2 Å². The van der Waals surface area contributed by atoms with Crippen molar-refractivity contribution in [3.8, 4) is 11.4 Å². The van der Waals surface area contributed by atoms with Gasteiger partial charge in [-0.05, 0) is 23.1 Å². The minimum absolute atomic E-state index is 0.0741. The molecule has 0 spiro atoms. The first-order valence-corrected chi connectivity index (χ1v) is 11.1. The number of nitrogen functional groups attached to an aromatic ring is 1. The molecule has 3 aromatic rings. The van der Waals surface area contributed by atoms with Crippen LogP contribution in [-0.4, -0.2) is 26.5 Å². The normalized spacial score (nSPS) is 11.5. The van der Waals surface area contributed by atoms with Gasteiger partial charge in [-0.25, -0.2) is 4.68 Å². The third kappa shape index (κ3) is 5.28. The second-order valence-corrected chi connectivity index (χ2v) is 9.62. The van der Waals surface area contributed by atoms with Crippen molar-refractivity contribution in [2.45, 2.75) is 37.8 Å². The zero-order chi connectivity index (χ0) is 21.9. The van der Waals surface area contributed by atoms with Crippen LogP contribution in [0.2, 0.25) is 10.0 Å². The number of hydrogen-bond acceptors (Lipinski definition) is 5. The Bertz CT molecular complexity index is 1020. The van der Waals surface area contributed by atoms with E-state index in [2.05, 4.69) is 48.4 Å². The zero-order valence-corrected chi connectivity index (χ0v) is 19.3. The molecule has 3 rings (SSSR count). The van der Waals surface area contributed by atoms with Crippen molar-refractivity contribution in [1.29, 1.82) is 0 Å². The van der Waals surface area contributed by atoms with E-state index in [4.69, 9.17) is 29.0 Å². The smallest absolute Gasteiger partial charge is 0.225 e. The summed E-state index contributed by atoms with van der Waals surface area (Å²) in [4.78, 5) is 12.2. The largest absolute Gasteiger partial charge is 0.335 e. The highest BCUT2D eigenvalue weighted by Crippen LogP contribution is 2.30. The number of para-hydroxylation sites is 1. The Morgan fingerprint density at radius 1 is 1.10 bits per heavy atom. The molecule has 3 N–H and O–H groups in total. The number of anilines is 1. The molecular weight excluding hydrogens is 441 g/mol. The van der Waals surface area contributed by atoms with Crippen molar-refractivity contribution >= 4 is 46.6 Å². The Hall–Kier alpha value is -2.22. The van der Waals surface area contributed by atoms with Crippen molar-refractivity contribution in [2.75, 3.05) is 16.9 Å². The van der Waals surface area contributed by atoms with Gasteiger partial charge in [-0.3, -0.25) is 4.79 Å². The molecule has 1 amide bonds. The molecule has 2 aromatic carbocycles. The summed E-state index contributed by atoms with van der Waals surface area (Å²) in [6.07, 6.45) is 0.245. The van der Waals surface area contributed by atoms with E-state index in [0.717, 1.165) is 5.56 Å². The molecule has 1 aromatic heterocycles. The van der Waals surface area contributed by atoms with Gasteiger partial charge in [-0.1, -0.05) is 86.1 Å². The fraction of sp³-hybridized carbons (Fsp3) is 0.286. The molecule has 0 unspecified atom stereocenters. The Labute approximate surface area is 190 Å². The zero-order valence-electron chi connectivity index (χ0n) is 16.9. The molecule has 158 valence electrons. The summed E-state index contributed by atoms with van der Waals surface area (Å²) in [6, 6.07) is 13.2. The van der Waals surface area contributed by atoms with Gasteiger partial charge < -0.3 is 11.2 Å². The molecule has 6 nitrogen and oxygen atoms in total. The maximum Gasteiger partial charge on any atom is 0.225 e. The number of carbonyl (C=O) groups excluding carboxylic acids is 1. The van der Waals surface area contributed by atoms with Gasteiger partial charge >= 0.3 is 0 Å². The number of rotatable bonds is 6. The highest BCUT2D eigenvalue weighted by Gasteiger charge is 2.16. The van der Waals surface area contributed by atoms with Gasteiger partial charge in [0, 0.05) is 17.7 Å². The molecule has 0 fully saturated rings. The van der Waals surface area contributed by atoms with Gasteiger partial charge in [-0.2, -0.15) is 0 Å². The first kappa shape index (κ1) is 22.5. The van der Waals surface area contributed by atoms with E-state index in [-0.39, 0.29) is 17.7 Å². The fourth-order valence-corrected chi connectivity index (χ4v) is 4.03. The number of carbonyl (C=O) groups is 1. The SMILES string of the molecule is CC(C)(C)c1ccc(-c2nnc(SCCC(=O)Nc3c(Cl)cccc3Cl)n2N)cc1. The van der Waals surface area contributed by atoms with E-state index in [9.17, 15) is 4.79 Å². The van der Waals surface area contributed by atoms with E-state index < -0.39 is 0 Å². The number of nitrogens with one attached hydrogen (secondary N) is 1. The van der Waals surface area contributed by atoms with Crippen LogP contribution in [0.15, 0.2) is 47.6 Å². The number of nitrogens with two attached hydrogens (primary N) is 1. The third-order valence-corrected chi connectivity index (χ3v) is 6.04. The van der Waals surface area contributed by atoms with Gasteiger partial charge in [0.05, 0.1) is 15.7 Å². The van der Waals surface area contributed by atoms with Crippen LogP contribution in [-0.2, 0) is 10.2 Å². The number of aromatic nitrogens is 3. The molecule has 0 bridgehead atoms. The standard InChI is InChI=1S/C21H23Cl2N5OS/c1-21(2,3)14-9-7-13(8-10-14)19-26-27-20(28(19)24)30-12-11-17(29)25-18-15(22)5-4-6-16(18)23/h4-10H,11-12,24H2,1-3H3,(H,25,29). The lowest BCUT2D eigenvalue weighted by Crippen LogP contribution is -2.14. The molecule has 9 heteroatoms. The topological polar surface area (TPSA) is 85.8 Å². The van der Waals surface area contributed by atoms with Crippen molar-refractivity contribution in [3.63, 3.8) is 0 Å². The van der Waals surface area contributed by atoms with Crippen LogP contribution in [0.1, 0.15) is 32.8 Å². The van der Waals surface area contributed by atoms with E-state index in [1.807, 2.05) is 12.1 Å². The summed E-state index contributed by atoms with van der Waals surface area (Å²) in [5.74, 6) is 7.03. The summed E-state index contributed by atoms with van der Waals surface area (Å²) in [5, 5.41) is 12.4. The lowest BCUT2D eigenvalue weighted by molar-refractivity contribution is -0.115. The Morgan fingerprint density at radius 3 is 2.33 bits per heavy atom. The lowest BCUT2D eigenvalue weighted by Gasteiger charge is -2.19. The number of amides is 1. The van der Waals surface area contributed by atoms with Gasteiger partial charge in [0.25, 0.3) is 0 Å². The minimum Gasteiger partial charge on any atom is -0.335 e. The van der Waals surface area contributed by atoms with Crippen molar-refractivity contribution < 1.29 is 4.79 Å². The summed E-state index contributed by atoms with van der Waals surface area (Å²) < 4.78 is 1.44. The number of nitrogens with zero attached hydrogens (tertiary/aromatic N) is 3. The quantitative estimate of drug-likeness (QED) is 0.378. The number of halogens is 2. The second kappa shape index (κ2) is 9.29. The van der Waals surface area contributed by atoms with Crippen LogP contribution in [0.4, 0.5) is 5.69 Å². The fourth-order valence-electron chi connectivity index (χ4n) is 2.75. The van der Waals surface area contributed by atoms with Crippen LogP contribution in [0.5, 0.6) is 0 Å². The van der Waals surface area contributed by atoms with Crippen LogP contribution in [0.25, 0.3) is 11.4 Å². The van der Waals surface area contributed by atoms with Crippen LogP contribution >= 0.6 is 35.0 Å². The number of hydrogen-bond donors (Lipinski definition) is 2. The molecule has 0 aliphatic heterocycles. The van der Waals surface area contributed by atoms with Crippen molar-refractivity contribution in [2.24, 2.45) is 0 Å². The highest BCUT2D eigenvalue weighted by atomic mass is 35.5. The maximum atomic E-state index is 12.2. The molecule has 0 saturated carbocycles. The van der Waals surface area contributed by atoms with Gasteiger partial charge in [0.2, 0.25) is 11.1 Å². The number of thioether (sulfide) groups is 1. The lowest BCUT2D eigenvalue weighted by atomic mass is 9.87. The van der Waals surface area contributed by atoms with Gasteiger partial charge in [0.1, 0.15) is 0 Å². The Morgan fingerprint density at radius 2 is 1.73 bits per heavy atom. The van der Waals surface area contributed by atoms with Crippen molar-refractivity contribution in [1.82, 2.24) is 14.9 Å². The highest BCUT2D eigenvalue weighted by molar-refractivity contribution is 7.99. The maximum absolute atomic E-state index is 12.2. The molecule has 0 atom stereocenters. The average Bonchev–Trinajstić information content (AvgIpc) is 3.05. The Kier molecular flexibility index (Phi) is 6.95. The third-order valence-electron chi connectivity index (χ3n) is 4.46. The predicted octanol–water partition coefficient (Wildman–Crippen LogP) is 5.38. The van der Waals surface area contributed by atoms with Crippen LogP contribution in [0, 0.1) is 0 Å². The number of benzene rings is 2. The molecule has 0 radical (unpaired) electrons. The summed E-state index contributed by atoms with van der Waals surface area (Å²) in [6.45, 7) is 6.49. The summed E-state index contributed by atoms with van der Waals surface area (Å²) in [5.41, 5.74) is 2.60. The van der Waals surface area contributed by atoms with Crippen LogP contribution < -0.4 is 11.2 Å². The molecule has 1 heterocycles. The van der Waals surface area contributed by atoms with E-state index in [1.165, 1.54) is 22.0 Å². The first-order chi connectivity index (χ1) is 14.2. The Balaban J connectivity index is 1.60. The minimum atomic E-state index is -0.196. The van der Waals surface area contributed by atoms with E-state index in [0.29, 0.717) is 32.5 Å². The predicted molar refractivity (Wildman–Crippen MR) is 125 cm³/mol. The van der Waals surface area contributed by atoms with Crippen molar-refractivity contribution in [3.05, 3.63) is 58.1 Å². The van der Waals surface area contributed by atoms with Crippen LogP contribution in [0.3, 0.4) is 0 Å². The second-order valence-electron chi connectivity index (χ2n) is 7.75. The first-order valence-electron chi connectivity index (χ1n) is 9.35. The molecule has 0 aliphatic rings. The molecule has 0 aliphatic carbocycles. The molecule has 30 heavy (non-hydrogen) atoms. The van der Waals surface area contributed by atoms with Gasteiger partial charge in [0.15, 0.2) is 5.82 Å². The van der Waals surface area contributed by atoms with E-state index in [1.54, 1.807) is 18.2 Å². The molecule has 0 saturated heterocycles. The monoisotopic (exact) mass is 463 g/mol. The summed E-state index contributed by atoms with van der Waals surface area (Å²) >= 11 is 13.5. The average molecular weight is 464 g/mol. The summed E-state index contributed by atoms with van der Waals surface area (Å²) in [7, 11) is 0. The molecular formula is C21H23Cl2N5OS. The van der Waals surface area contributed by atoms with E-state index >= 15 is 0 Å².